The predicted molar refractivity (Wildman–Crippen MR) is 61.4 cm³/mol. The van der Waals surface area contributed by atoms with E-state index in [1.807, 2.05) is 42.5 Å². The lowest BCUT2D eigenvalue weighted by molar-refractivity contribution is 0.278. The molecular formula is C14H14O. The Labute approximate surface area is 90.8 Å². The number of hydrogen-bond acceptors (Lipinski definition) is 1. The first-order chi connectivity index (χ1) is 7.40. The fraction of sp³-hybridized carbons (Fsp3) is 0.214. The fourth-order valence-corrected chi connectivity index (χ4v) is 1.70. The van der Waals surface area contributed by atoms with Crippen LogP contribution in [-0.4, -0.2) is 11.7 Å². The van der Waals surface area contributed by atoms with Gasteiger partial charge in [0.25, 0.3) is 0 Å². The van der Waals surface area contributed by atoms with Crippen molar-refractivity contribution >= 4 is 0 Å². The van der Waals surface area contributed by atoms with Gasteiger partial charge in [0.15, 0.2) is 0 Å². The molecule has 0 aliphatic heterocycles. The standard InChI is InChI=1S/C14H14O/c15-11-14(10-12-6-4-5-7-12)13-8-2-1-3-9-13/h1-6,8-9,14-15H,7,11H2. The zero-order valence-corrected chi connectivity index (χ0v) is 8.56. The van der Waals surface area contributed by atoms with E-state index in [9.17, 15) is 5.11 Å². The Morgan fingerprint density at radius 1 is 1.27 bits per heavy atom. The van der Waals surface area contributed by atoms with Crippen molar-refractivity contribution in [3.63, 3.8) is 0 Å². The number of hydrogen-bond donors (Lipinski definition) is 1. The van der Waals surface area contributed by atoms with Crippen molar-refractivity contribution in [3.05, 3.63) is 66.1 Å². The Morgan fingerprint density at radius 2 is 2.07 bits per heavy atom. The molecule has 1 aromatic carbocycles. The molecule has 1 atom stereocenters. The van der Waals surface area contributed by atoms with Crippen LogP contribution in [0.5, 0.6) is 0 Å². The van der Waals surface area contributed by atoms with Gasteiger partial charge in [0.05, 0.1) is 6.61 Å². The first-order valence-electron chi connectivity index (χ1n) is 5.18. The van der Waals surface area contributed by atoms with Crippen molar-refractivity contribution in [2.24, 2.45) is 0 Å². The van der Waals surface area contributed by atoms with Gasteiger partial charge in [-0.15, -0.1) is 0 Å². The van der Waals surface area contributed by atoms with Crippen LogP contribution >= 0.6 is 0 Å². The molecule has 1 aromatic rings. The highest BCUT2D eigenvalue weighted by atomic mass is 16.3. The van der Waals surface area contributed by atoms with E-state index in [1.54, 1.807) is 0 Å². The number of aliphatic hydroxyl groups is 1. The summed E-state index contributed by atoms with van der Waals surface area (Å²) in [5, 5.41) is 9.33. The second kappa shape index (κ2) is 4.94. The van der Waals surface area contributed by atoms with Gasteiger partial charge in [0, 0.05) is 12.3 Å². The van der Waals surface area contributed by atoms with Crippen molar-refractivity contribution in [1.82, 2.24) is 0 Å². The molecule has 0 aromatic heterocycles. The van der Waals surface area contributed by atoms with Gasteiger partial charge in [-0.1, -0.05) is 54.1 Å². The Bertz CT molecular complexity index is 362. The smallest absolute Gasteiger partial charge is 0.0508 e. The van der Waals surface area contributed by atoms with E-state index in [2.05, 4.69) is 12.5 Å². The summed E-state index contributed by atoms with van der Waals surface area (Å²) in [5.41, 5.74) is 2.28. The number of rotatable bonds is 4. The second-order valence-corrected chi connectivity index (χ2v) is 3.61. The van der Waals surface area contributed by atoms with Crippen LogP contribution in [0.25, 0.3) is 0 Å². The van der Waals surface area contributed by atoms with Crippen LogP contribution in [0, 0.1) is 6.42 Å². The second-order valence-electron chi connectivity index (χ2n) is 3.61. The van der Waals surface area contributed by atoms with Crippen molar-refractivity contribution in [3.8, 4) is 0 Å². The van der Waals surface area contributed by atoms with E-state index in [4.69, 9.17) is 0 Å². The lowest BCUT2D eigenvalue weighted by Crippen LogP contribution is -2.05. The third-order valence-corrected chi connectivity index (χ3v) is 2.52. The van der Waals surface area contributed by atoms with Gasteiger partial charge in [-0.3, -0.25) is 0 Å². The maximum Gasteiger partial charge on any atom is 0.0508 e. The largest absolute Gasteiger partial charge is 0.396 e. The summed E-state index contributed by atoms with van der Waals surface area (Å²) in [5.74, 6) is -0.00245. The Hall–Kier alpha value is -1.34. The molecule has 2 rings (SSSR count). The van der Waals surface area contributed by atoms with Crippen LogP contribution in [0.1, 0.15) is 17.9 Å². The van der Waals surface area contributed by atoms with Crippen LogP contribution in [-0.2, 0) is 0 Å². The topological polar surface area (TPSA) is 20.2 Å². The molecule has 0 saturated carbocycles. The molecule has 0 amide bonds. The maximum atomic E-state index is 9.33. The van der Waals surface area contributed by atoms with Crippen LogP contribution in [0.4, 0.5) is 0 Å². The predicted octanol–water partition coefficient (Wildman–Crippen LogP) is 2.73. The summed E-state index contributed by atoms with van der Waals surface area (Å²) >= 11 is 0. The highest BCUT2D eigenvalue weighted by molar-refractivity contribution is 5.34. The summed E-state index contributed by atoms with van der Waals surface area (Å²) in [6.45, 7) is 0.112. The van der Waals surface area contributed by atoms with Gasteiger partial charge >= 0.3 is 0 Å². The molecule has 0 bridgehead atoms. The van der Waals surface area contributed by atoms with Crippen LogP contribution in [0.3, 0.4) is 0 Å². The van der Waals surface area contributed by atoms with Gasteiger partial charge in [0.1, 0.15) is 0 Å². The maximum absolute atomic E-state index is 9.33. The van der Waals surface area contributed by atoms with Crippen molar-refractivity contribution in [1.29, 1.82) is 0 Å². The molecule has 1 unspecified atom stereocenters. The third kappa shape index (κ3) is 2.57. The first kappa shape index (κ1) is 10.2. The van der Waals surface area contributed by atoms with Crippen molar-refractivity contribution in [2.75, 3.05) is 6.61 Å². The summed E-state index contributed by atoms with van der Waals surface area (Å²) in [4.78, 5) is 0. The monoisotopic (exact) mass is 198 g/mol. The van der Waals surface area contributed by atoms with E-state index >= 15 is 0 Å². The van der Waals surface area contributed by atoms with Gasteiger partial charge in [0.2, 0.25) is 0 Å². The van der Waals surface area contributed by atoms with Crippen molar-refractivity contribution < 1.29 is 5.11 Å². The van der Waals surface area contributed by atoms with Crippen molar-refractivity contribution in [2.45, 2.75) is 12.3 Å². The summed E-state index contributed by atoms with van der Waals surface area (Å²) in [6.07, 6.45) is 10.4. The van der Waals surface area contributed by atoms with E-state index in [0.29, 0.717) is 0 Å². The molecule has 1 N–H and O–H groups in total. The summed E-state index contributed by atoms with van der Waals surface area (Å²) in [6, 6.07) is 10.0. The lowest BCUT2D eigenvalue weighted by atomic mass is 9.92. The molecule has 0 saturated heterocycles. The van der Waals surface area contributed by atoms with Crippen LogP contribution in [0.15, 0.2) is 54.1 Å². The average molecular weight is 198 g/mol. The molecular weight excluding hydrogens is 184 g/mol. The third-order valence-electron chi connectivity index (χ3n) is 2.52. The minimum Gasteiger partial charge on any atom is -0.396 e. The zero-order chi connectivity index (χ0) is 10.5. The fourth-order valence-electron chi connectivity index (χ4n) is 1.70. The number of allylic oxidation sites excluding steroid dienone is 4. The molecule has 0 heterocycles. The van der Waals surface area contributed by atoms with E-state index in [0.717, 1.165) is 17.6 Å². The van der Waals surface area contributed by atoms with E-state index < -0.39 is 0 Å². The summed E-state index contributed by atoms with van der Waals surface area (Å²) in [7, 11) is 0. The van der Waals surface area contributed by atoms with Gasteiger partial charge in [-0.05, 0) is 12.0 Å². The molecule has 15 heavy (non-hydrogen) atoms. The number of aliphatic hydroxyl groups excluding tert-OH is 1. The Morgan fingerprint density at radius 3 is 2.67 bits per heavy atom. The molecule has 0 fully saturated rings. The van der Waals surface area contributed by atoms with Crippen LogP contribution < -0.4 is 0 Å². The molecule has 1 aliphatic rings. The Kier molecular flexibility index (Phi) is 3.36. The van der Waals surface area contributed by atoms with Crippen LogP contribution in [0.2, 0.25) is 0 Å². The van der Waals surface area contributed by atoms with E-state index in [1.165, 1.54) is 0 Å². The molecule has 2 radical (unpaired) electrons. The molecule has 1 heteroatoms. The molecule has 1 aliphatic carbocycles. The van der Waals surface area contributed by atoms with Gasteiger partial charge < -0.3 is 5.11 Å². The molecule has 76 valence electrons. The highest BCUT2D eigenvalue weighted by Gasteiger charge is 2.13. The number of benzene rings is 1. The van der Waals surface area contributed by atoms with E-state index in [-0.39, 0.29) is 12.5 Å². The molecule has 1 nitrogen and oxygen atoms in total. The van der Waals surface area contributed by atoms with Gasteiger partial charge in [-0.2, -0.15) is 0 Å². The zero-order valence-electron chi connectivity index (χ0n) is 8.56. The molecule has 0 spiro atoms. The lowest BCUT2D eigenvalue weighted by Gasteiger charge is -2.14. The average Bonchev–Trinajstić information content (AvgIpc) is 2.80. The highest BCUT2D eigenvalue weighted by Crippen LogP contribution is 2.25. The summed E-state index contributed by atoms with van der Waals surface area (Å²) < 4.78 is 0. The quantitative estimate of drug-likeness (QED) is 0.788. The first-order valence-corrected chi connectivity index (χ1v) is 5.18. The Balaban J connectivity index is 2.05. The minimum absolute atomic E-state index is 0.00245. The minimum atomic E-state index is -0.00245. The normalized spacial score (nSPS) is 16.5. The SMILES string of the molecule is OCC([C]C1=CC=CC1)c1ccccc1. The van der Waals surface area contributed by atoms with Gasteiger partial charge in [-0.25, -0.2) is 0 Å².